The van der Waals surface area contributed by atoms with Crippen LogP contribution in [0.3, 0.4) is 0 Å². The first kappa shape index (κ1) is 29.5. The molecule has 0 spiro atoms. The van der Waals surface area contributed by atoms with Gasteiger partial charge < -0.3 is 15.0 Å². The second-order valence-electron chi connectivity index (χ2n) is 9.43. The van der Waals surface area contributed by atoms with E-state index in [9.17, 15) is 22.8 Å². The maximum atomic E-state index is 13.2. The highest BCUT2D eigenvalue weighted by Gasteiger charge is 2.36. The molecule has 4 rings (SSSR count). The number of amides is 2. The lowest BCUT2D eigenvalue weighted by Crippen LogP contribution is -2.42. The van der Waals surface area contributed by atoms with E-state index in [0.717, 1.165) is 16.1 Å². The number of likely N-dealkylation sites (N-methyl/N-ethyl adjacent to an activating group) is 1. The molecule has 214 valence electrons. The second-order valence-corrected chi connectivity index (χ2v) is 11.3. The highest BCUT2D eigenvalue weighted by molar-refractivity contribution is 7.92. The van der Waals surface area contributed by atoms with Crippen LogP contribution in [-0.4, -0.2) is 69.8 Å². The van der Waals surface area contributed by atoms with E-state index in [0.29, 0.717) is 47.0 Å². The zero-order chi connectivity index (χ0) is 29.7. The largest absolute Gasteiger partial charge is 0.465 e. The van der Waals surface area contributed by atoms with Gasteiger partial charge in [-0.1, -0.05) is 36.4 Å². The van der Waals surface area contributed by atoms with Crippen molar-refractivity contribution in [1.29, 1.82) is 0 Å². The number of methoxy groups -OCH3 is 1. The van der Waals surface area contributed by atoms with E-state index in [1.807, 2.05) is 44.2 Å². The number of carbonyl (C=O) groups excluding carboxylic acids is 3. The van der Waals surface area contributed by atoms with E-state index >= 15 is 0 Å². The van der Waals surface area contributed by atoms with Crippen LogP contribution in [-0.2, 0) is 24.3 Å². The van der Waals surface area contributed by atoms with Crippen LogP contribution < -0.4 is 9.62 Å². The van der Waals surface area contributed by atoms with Gasteiger partial charge in [0, 0.05) is 18.8 Å². The van der Waals surface area contributed by atoms with Gasteiger partial charge in [0.25, 0.3) is 0 Å². The van der Waals surface area contributed by atoms with Gasteiger partial charge in [-0.2, -0.15) is 0 Å². The van der Waals surface area contributed by atoms with Crippen molar-refractivity contribution in [2.75, 3.05) is 42.6 Å². The Kier molecular flexibility index (Phi) is 8.87. The van der Waals surface area contributed by atoms with Gasteiger partial charge in [-0.05, 0) is 61.4 Å². The van der Waals surface area contributed by atoms with Gasteiger partial charge in [0.1, 0.15) is 12.5 Å². The minimum absolute atomic E-state index is 0.292. The smallest absolute Gasteiger partial charge is 0.337 e. The molecule has 11 heteroatoms. The van der Waals surface area contributed by atoms with Crippen molar-refractivity contribution >= 4 is 50.6 Å². The molecule has 1 atom stereocenters. The molecule has 3 aromatic rings. The van der Waals surface area contributed by atoms with Crippen molar-refractivity contribution in [1.82, 2.24) is 4.90 Å². The van der Waals surface area contributed by atoms with Crippen LogP contribution >= 0.6 is 0 Å². The summed E-state index contributed by atoms with van der Waals surface area (Å²) >= 11 is 0. The van der Waals surface area contributed by atoms with Crippen LogP contribution in [0.2, 0.25) is 0 Å². The van der Waals surface area contributed by atoms with E-state index < -0.39 is 21.9 Å². The molecule has 1 unspecified atom stereocenters. The molecule has 1 aliphatic heterocycles. The van der Waals surface area contributed by atoms with Crippen LogP contribution in [0, 0.1) is 0 Å². The Morgan fingerprint density at radius 1 is 0.951 bits per heavy atom. The Morgan fingerprint density at radius 3 is 2.20 bits per heavy atom. The molecular weight excluding hydrogens is 544 g/mol. The lowest BCUT2D eigenvalue weighted by molar-refractivity contribution is -0.129. The normalized spacial score (nSPS) is 14.7. The Balaban J connectivity index is 1.72. The third-order valence-electron chi connectivity index (χ3n) is 6.83. The molecule has 2 amide bonds. The molecular formula is C30H32N4O6S. The highest BCUT2D eigenvalue weighted by atomic mass is 32.2. The topological polar surface area (TPSA) is 125 Å². The summed E-state index contributed by atoms with van der Waals surface area (Å²) in [7, 11) is -2.45. The average molecular weight is 577 g/mol. The van der Waals surface area contributed by atoms with E-state index in [-0.39, 0.29) is 18.4 Å². The predicted octanol–water partition coefficient (Wildman–Crippen LogP) is 3.96. The van der Waals surface area contributed by atoms with Gasteiger partial charge in [-0.25, -0.2) is 13.2 Å². The van der Waals surface area contributed by atoms with Crippen molar-refractivity contribution in [2.24, 2.45) is 4.99 Å². The molecule has 3 aromatic carbocycles. The Morgan fingerprint density at radius 2 is 1.61 bits per heavy atom. The van der Waals surface area contributed by atoms with Crippen molar-refractivity contribution in [3.63, 3.8) is 0 Å². The SMILES string of the molecule is CCN(CC)C(=O)CN(c1ccc(N=C(c2ccccc2)C2C(=O)Nc3cc(C(=O)OC)ccc32)cc1)S(C)(=O)=O. The Labute approximate surface area is 239 Å². The molecule has 10 nitrogen and oxygen atoms in total. The number of sulfonamides is 1. The molecule has 0 saturated carbocycles. The first-order chi connectivity index (χ1) is 19.6. The molecule has 0 radical (unpaired) electrons. The van der Waals surface area contributed by atoms with Crippen molar-refractivity contribution in [2.45, 2.75) is 19.8 Å². The van der Waals surface area contributed by atoms with Gasteiger partial charge in [-0.3, -0.25) is 18.9 Å². The number of fused-ring (bicyclic) bond motifs is 1. The molecule has 0 saturated heterocycles. The predicted molar refractivity (Wildman–Crippen MR) is 158 cm³/mol. The number of nitrogens with one attached hydrogen (secondary N) is 1. The average Bonchev–Trinajstić information content (AvgIpc) is 3.29. The molecule has 41 heavy (non-hydrogen) atoms. The van der Waals surface area contributed by atoms with Gasteiger partial charge in [0.2, 0.25) is 21.8 Å². The zero-order valence-corrected chi connectivity index (χ0v) is 24.1. The molecule has 1 N–H and O–H groups in total. The number of esters is 1. The summed E-state index contributed by atoms with van der Waals surface area (Å²) in [6.45, 7) is 4.31. The molecule has 0 aliphatic carbocycles. The molecule has 0 fully saturated rings. The summed E-state index contributed by atoms with van der Waals surface area (Å²) in [6.07, 6.45) is 1.06. The number of nitrogens with zero attached hydrogens (tertiary/aromatic N) is 3. The molecule has 1 heterocycles. The third-order valence-corrected chi connectivity index (χ3v) is 7.97. The number of rotatable bonds is 10. The van der Waals surface area contributed by atoms with E-state index in [1.165, 1.54) is 7.11 Å². The van der Waals surface area contributed by atoms with Crippen molar-refractivity contribution in [3.05, 3.63) is 89.5 Å². The van der Waals surface area contributed by atoms with Crippen LogP contribution in [0.15, 0.2) is 77.8 Å². The number of hydrogen-bond donors (Lipinski definition) is 1. The minimum Gasteiger partial charge on any atom is -0.465 e. The van der Waals surface area contributed by atoms with Crippen LogP contribution in [0.25, 0.3) is 0 Å². The maximum Gasteiger partial charge on any atom is 0.337 e. The summed E-state index contributed by atoms with van der Waals surface area (Å²) in [5.41, 5.74) is 3.51. The number of benzene rings is 3. The van der Waals surface area contributed by atoms with E-state index in [1.54, 1.807) is 47.4 Å². The maximum absolute atomic E-state index is 13.2. The van der Waals surface area contributed by atoms with Gasteiger partial charge >= 0.3 is 5.97 Å². The fraction of sp³-hybridized carbons (Fsp3) is 0.267. The Bertz CT molecular complexity index is 1580. The molecule has 1 aliphatic rings. The summed E-state index contributed by atoms with van der Waals surface area (Å²) in [6, 6.07) is 20.6. The summed E-state index contributed by atoms with van der Waals surface area (Å²) in [5, 5.41) is 2.84. The number of aliphatic imine (C=N–C) groups is 1. The van der Waals surface area contributed by atoms with Crippen LogP contribution in [0.1, 0.15) is 41.3 Å². The Hall–Kier alpha value is -4.51. The first-order valence-electron chi connectivity index (χ1n) is 13.1. The zero-order valence-electron chi connectivity index (χ0n) is 23.3. The van der Waals surface area contributed by atoms with E-state index in [4.69, 9.17) is 9.73 Å². The van der Waals surface area contributed by atoms with Crippen molar-refractivity contribution < 1.29 is 27.5 Å². The number of carbonyl (C=O) groups is 3. The molecule has 0 aromatic heterocycles. The summed E-state index contributed by atoms with van der Waals surface area (Å²) in [4.78, 5) is 44.3. The summed E-state index contributed by atoms with van der Waals surface area (Å²) in [5.74, 6) is -1.85. The number of anilines is 2. The summed E-state index contributed by atoms with van der Waals surface area (Å²) < 4.78 is 31.0. The quantitative estimate of drug-likeness (QED) is 0.288. The standard InChI is InChI=1S/C30H32N4O6S/c1-5-33(6-2)26(35)19-34(41(4,38)39)23-15-13-22(14-16-23)31-28(20-10-8-7-9-11-20)27-24-17-12-21(30(37)40-3)18-25(24)32-29(27)36/h7-18,27H,5-6,19H2,1-4H3,(H,32,36). The lowest BCUT2D eigenvalue weighted by atomic mass is 9.90. The fourth-order valence-corrected chi connectivity index (χ4v) is 5.56. The monoisotopic (exact) mass is 576 g/mol. The lowest BCUT2D eigenvalue weighted by Gasteiger charge is -2.26. The second kappa shape index (κ2) is 12.3. The van der Waals surface area contributed by atoms with E-state index in [2.05, 4.69) is 5.32 Å². The van der Waals surface area contributed by atoms with Gasteiger partial charge in [0.15, 0.2) is 0 Å². The van der Waals surface area contributed by atoms with Gasteiger partial charge in [0.05, 0.1) is 36.0 Å². The number of ether oxygens (including phenoxy) is 1. The fourth-order valence-electron chi connectivity index (χ4n) is 4.72. The minimum atomic E-state index is -3.74. The molecule has 0 bridgehead atoms. The highest BCUT2D eigenvalue weighted by Crippen LogP contribution is 2.37. The van der Waals surface area contributed by atoms with Crippen LogP contribution in [0.5, 0.6) is 0 Å². The van der Waals surface area contributed by atoms with Crippen molar-refractivity contribution in [3.8, 4) is 0 Å². The third kappa shape index (κ3) is 6.46. The van der Waals surface area contributed by atoms with Crippen LogP contribution in [0.4, 0.5) is 17.1 Å². The first-order valence-corrected chi connectivity index (χ1v) is 14.9. The van der Waals surface area contributed by atoms with Gasteiger partial charge in [-0.15, -0.1) is 0 Å². The number of hydrogen-bond acceptors (Lipinski definition) is 7.